The van der Waals surface area contributed by atoms with Crippen LogP contribution >= 0.6 is 0 Å². The number of hydrogen-bond acceptors (Lipinski definition) is 2. The molecule has 0 unspecified atom stereocenters. The summed E-state index contributed by atoms with van der Waals surface area (Å²) in [6.45, 7) is 3.89. The van der Waals surface area contributed by atoms with Crippen molar-refractivity contribution in [2.45, 2.75) is 0 Å². The highest BCUT2D eigenvalue weighted by Gasteiger charge is 1.96. The summed E-state index contributed by atoms with van der Waals surface area (Å²) in [5, 5.41) is 0. The van der Waals surface area contributed by atoms with E-state index >= 15 is 0 Å². The molecule has 4 heteroatoms. The first-order chi connectivity index (χ1) is 5.88. The van der Waals surface area contributed by atoms with Crippen LogP contribution in [0.1, 0.15) is 0 Å². The van der Waals surface area contributed by atoms with Gasteiger partial charge in [-0.3, -0.25) is 9.13 Å². The molecule has 2 aromatic rings. The van der Waals surface area contributed by atoms with E-state index in [1.165, 1.54) is 0 Å². The van der Waals surface area contributed by atoms with Gasteiger partial charge in [0.15, 0.2) is 0 Å². The van der Waals surface area contributed by atoms with E-state index in [9.17, 15) is 0 Å². The molecule has 0 amide bonds. The summed E-state index contributed by atoms with van der Waals surface area (Å²) in [4.78, 5) is 7.84. The minimum Gasteiger partial charge on any atom is -0.292 e. The molecule has 0 N–H and O–H groups in total. The highest BCUT2D eigenvalue weighted by atomic mass is 15.2. The molecule has 0 atom stereocenters. The molecule has 0 spiro atoms. The lowest BCUT2D eigenvalue weighted by atomic mass is 10.7. The van der Waals surface area contributed by atoms with E-state index in [1.807, 2.05) is 21.5 Å². The Hall–Kier alpha value is -1.84. The van der Waals surface area contributed by atoms with Crippen LogP contribution in [0, 0.1) is 5.82 Å². The fourth-order valence-electron chi connectivity index (χ4n) is 0.957. The van der Waals surface area contributed by atoms with Crippen molar-refractivity contribution in [3.63, 3.8) is 0 Å². The molecule has 0 aliphatic rings. The van der Waals surface area contributed by atoms with E-state index < -0.39 is 0 Å². The van der Waals surface area contributed by atoms with Gasteiger partial charge in [0.25, 0.3) is 0 Å². The molecule has 0 aromatic carbocycles. The molecule has 2 aromatic heterocycles. The molecule has 0 aliphatic carbocycles. The maximum atomic E-state index is 3.92. The third kappa shape index (κ3) is 1.03. The van der Waals surface area contributed by atoms with Crippen LogP contribution in [0.25, 0.3) is 0 Å². The van der Waals surface area contributed by atoms with Gasteiger partial charge in [-0.05, 0) is 0 Å². The molecular formula is C8H8N4. The van der Waals surface area contributed by atoms with Crippen molar-refractivity contribution in [3.8, 4) is 0 Å². The van der Waals surface area contributed by atoms with Crippen LogP contribution in [0.4, 0.5) is 0 Å². The first-order valence-corrected chi connectivity index (χ1v) is 3.53. The molecule has 0 saturated heterocycles. The zero-order valence-corrected chi connectivity index (χ0v) is 6.46. The first-order valence-electron chi connectivity index (χ1n) is 3.53. The van der Waals surface area contributed by atoms with Crippen LogP contribution in [0.5, 0.6) is 0 Å². The molecule has 0 fully saturated rings. The minimum atomic E-state index is 0.810. The van der Waals surface area contributed by atoms with Crippen molar-refractivity contribution in [2.24, 2.45) is 0 Å². The minimum absolute atomic E-state index is 0.810. The molecule has 4 nitrogen and oxygen atoms in total. The number of rotatable bonds is 2. The Morgan fingerprint density at radius 2 is 1.50 bits per heavy atom. The largest absolute Gasteiger partial charge is 0.292 e. The van der Waals surface area contributed by atoms with Crippen molar-refractivity contribution < 1.29 is 0 Å². The predicted octanol–water partition coefficient (Wildman–Crippen LogP) is 0.873. The van der Waals surface area contributed by atoms with Crippen LogP contribution in [0.3, 0.4) is 0 Å². The van der Waals surface area contributed by atoms with Gasteiger partial charge in [0.1, 0.15) is 18.5 Å². The number of imidazole rings is 2. The summed E-state index contributed by atoms with van der Waals surface area (Å²) in [5.74, 6) is 0.810. The summed E-state index contributed by atoms with van der Waals surface area (Å²) in [7, 11) is 0. The van der Waals surface area contributed by atoms with Gasteiger partial charge >= 0.3 is 0 Å². The predicted molar refractivity (Wildman–Crippen MR) is 44.1 cm³/mol. The van der Waals surface area contributed by atoms with Gasteiger partial charge < -0.3 is 0 Å². The van der Waals surface area contributed by atoms with Crippen molar-refractivity contribution in [1.82, 2.24) is 19.1 Å². The SMILES string of the molecule is C=C(n1ccnc1)n1ccnc1. The average Bonchev–Trinajstić information content (AvgIpc) is 2.77. The van der Waals surface area contributed by atoms with Gasteiger partial charge in [-0.15, -0.1) is 0 Å². The third-order valence-electron chi connectivity index (χ3n) is 1.60. The molecule has 2 heterocycles. The Balaban J connectivity index is 2.34. The topological polar surface area (TPSA) is 35.6 Å². The smallest absolute Gasteiger partial charge is 0.115 e. The molecule has 60 valence electrons. The maximum absolute atomic E-state index is 3.92. The van der Waals surface area contributed by atoms with Crippen LogP contribution in [-0.4, -0.2) is 19.1 Å². The van der Waals surface area contributed by atoms with Gasteiger partial charge in [-0.25, -0.2) is 9.97 Å². The molecule has 0 bridgehead atoms. The lowest BCUT2D eigenvalue weighted by Crippen LogP contribution is -2.05. The van der Waals surface area contributed by atoms with Crippen LogP contribution in [0.2, 0.25) is 0 Å². The van der Waals surface area contributed by atoms with E-state index in [1.54, 1.807) is 25.0 Å². The third-order valence-corrected chi connectivity index (χ3v) is 1.60. The van der Waals surface area contributed by atoms with Crippen LogP contribution in [0.15, 0.2) is 44.0 Å². The quantitative estimate of drug-likeness (QED) is 0.653. The molecule has 12 heavy (non-hydrogen) atoms. The first kappa shape index (κ1) is 6.84. The summed E-state index contributed by atoms with van der Waals surface area (Å²) < 4.78 is 3.64. The molecular weight excluding hydrogens is 152 g/mol. The van der Waals surface area contributed by atoms with E-state index in [0.29, 0.717) is 0 Å². The average molecular weight is 160 g/mol. The van der Waals surface area contributed by atoms with Crippen LogP contribution < -0.4 is 0 Å². The molecule has 0 saturated carbocycles. The van der Waals surface area contributed by atoms with Gasteiger partial charge in [-0.2, -0.15) is 0 Å². The van der Waals surface area contributed by atoms with Gasteiger partial charge in [0, 0.05) is 24.8 Å². The maximum Gasteiger partial charge on any atom is 0.115 e. The highest BCUT2D eigenvalue weighted by molar-refractivity contribution is 4.95. The summed E-state index contributed by atoms with van der Waals surface area (Å²) >= 11 is 0. The number of nitrogens with zero attached hydrogens (tertiary/aromatic N) is 4. The monoisotopic (exact) mass is 160 g/mol. The summed E-state index contributed by atoms with van der Waals surface area (Å²) in [6.07, 6.45) is 10.5. The lowest BCUT2D eigenvalue weighted by molar-refractivity contribution is 0.760. The second-order valence-electron chi connectivity index (χ2n) is 2.36. The Kier molecular flexibility index (Phi) is 1.51. The van der Waals surface area contributed by atoms with Gasteiger partial charge in [0.05, 0.1) is 0 Å². The Labute approximate surface area is 69.8 Å². The number of aromatic nitrogens is 4. The van der Waals surface area contributed by atoms with Crippen molar-refractivity contribution >= 4 is 0 Å². The van der Waals surface area contributed by atoms with E-state index in [2.05, 4.69) is 16.5 Å². The second kappa shape index (κ2) is 2.65. The van der Waals surface area contributed by atoms with Crippen molar-refractivity contribution in [2.75, 3.05) is 0 Å². The van der Waals surface area contributed by atoms with Crippen LogP contribution in [-0.2, 0) is 0 Å². The molecule has 0 radical (unpaired) electrons. The Morgan fingerprint density at radius 3 is 1.83 bits per heavy atom. The fraction of sp³-hybridized carbons (Fsp3) is 0. The summed E-state index contributed by atoms with van der Waals surface area (Å²) in [6, 6.07) is 0. The van der Waals surface area contributed by atoms with Crippen molar-refractivity contribution in [3.05, 3.63) is 49.8 Å². The fourth-order valence-corrected chi connectivity index (χ4v) is 0.957. The Morgan fingerprint density at radius 1 is 1.00 bits per heavy atom. The Bertz CT molecular complexity index is 321. The zero-order valence-electron chi connectivity index (χ0n) is 6.46. The summed E-state index contributed by atoms with van der Waals surface area (Å²) in [5.41, 5.74) is 0. The van der Waals surface area contributed by atoms with Gasteiger partial charge in [-0.1, -0.05) is 6.58 Å². The van der Waals surface area contributed by atoms with E-state index in [4.69, 9.17) is 0 Å². The number of hydrogen-bond donors (Lipinski definition) is 0. The molecule has 0 aliphatic heterocycles. The second-order valence-corrected chi connectivity index (χ2v) is 2.36. The van der Waals surface area contributed by atoms with Gasteiger partial charge in [0.2, 0.25) is 0 Å². The zero-order chi connectivity index (χ0) is 8.39. The van der Waals surface area contributed by atoms with E-state index in [0.717, 1.165) is 5.82 Å². The molecule has 2 rings (SSSR count). The normalized spacial score (nSPS) is 10.0. The standard InChI is InChI=1S/C8H8N4/c1-8(11-4-2-9-6-11)12-5-3-10-7-12/h2-7H,1H2. The highest BCUT2D eigenvalue weighted by Crippen LogP contribution is 1.98. The van der Waals surface area contributed by atoms with E-state index in [-0.39, 0.29) is 0 Å². The lowest BCUT2D eigenvalue weighted by Gasteiger charge is -2.05. The van der Waals surface area contributed by atoms with Crippen molar-refractivity contribution in [1.29, 1.82) is 0 Å².